The molecule has 0 unspecified atom stereocenters. The van der Waals surface area contributed by atoms with Gasteiger partial charge >= 0.3 is 6.18 Å². The van der Waals surface area contributed by atoms with Crippen molar-refractivity contribution in [1.29, 1.82) is 0 Å². The smallest absolute Gasteiger partial charge is 0.346 e. The van der Waals surface area contributed by atoms with E-state index in [1.54, 1.807) is 19.1 Å². The summed E-state index contributed by atoms with van der Waals surface area (Å²) in [5, 5.41) is 10.8. The molecule has 0 atom stereocenters. The monoisotopic (exact) mass is 262 g/mol. The Morgan fingerprint density at radius 2 is 1.94 bits per heavy atom. The van der Waals surface area contributed by atoms with Crippen LogP contribution in [0.3, 0.4) is 0 Å². The third kappa shape index (κ3) is 4.87. The Bertz CT molecular complexity index is 350. The summed E-state index contributed by atoms with van der Waals surface area (Å²) < 4.78 is 37.0. The van der Waals surface area contributed by atoms with Gasteiger partial charge in [0.05, 0.1) is 5.69 Å². The summed E-state index contributed by atoms with van der Waals surface area (Å²) in [6, 6.07) is 3.25. The number of aromatic nitrogens is 2. The lowest BCUT2D eigenvalue weighted by Gasteiger charge is -2.22. The highest BCUT2D eigenvalue weighted by atomic mass is 19.4. The van der Waals surface area contributed by atoms with Gasteiger partial charge in [0.25, 0.3) is 0 Å². The zero-order chi connectivity index (χ0) is 13.6. The Labute approximate surface area is 104 Å². The maximum absolute atomic E-state index is 12.3. The number of halogens is 3. The molecule has 1 N–H and O–H groups in total. The molecule has 0 radical (unpaired) electrons. The minimum Gasteiger partial charge on any atom is -0.346 e. The minimum atomic E-state index is -4.24. The molecule has 0 fully saturated rings. The van der Waals surface area contributed by atoms with Crippen molar-refractivity contribution in [2.45, 2.75) is 26.6 Å². The summed E-state index contributed by atoms with van der Waals surface area (Å²) >= 11 is 0. The van der Waals surface area contributed by atoms with Crippen molar-refractivity contribution in [2.75, 3.05) is 24.5 Å². The molecule has 1 heterocycles. The van der Waals surface area contributed by atoms with Gasteiger partial charge in [-0.05, 0) is 25.6 Å². The van der Waals surface area contributed by atoms with Gasteiger partial charge in [0, 0.05) is 13.1 Å². The fourth-order valence-corrected chi connectivity index (χ4v) is 1.44. The first-order valence-corrected chi connectivity index (χ1v) is 5.81. The number of nitrogens with one attached hydrogen (secondary N) is 1. The third-order valence-corrected chi connectivity index (χ3v) is 2.34. The zero-order valence-electron chi connectivity index (χ0n) is 10.5. The van der Waals surface area contributed by atoms with Crippen LogP contribution in [0.2, 0.25) is 0 Å². The fourth-order valence-electron chi connectivity index (χ4n) is 1.44. The lowest BCUT2D eigenvalue weighted by Crippen LogP contribution is -2.34. The number of hydrogen-bond donors (Lipinski definition) is 1. The van der Waals surface area contributed by atoms with E-state index in [9.17, 15) is 13.2 Å². The van der Waals surface area contributed by atoms with Gasteiger partial charge in [0.1, 0.15) is 6.54 Å². The number of anilines is 1. The maximum atomic E-state index is 12.3. The van der Waals surface area contributed by atoms with E-state index in [-0.39, 0.29) is 12.4 Å². The molecule has 102 valence electrons. The maximum Gasteiger partial charge on any atom is 0.405 e. The van der Waals surface area contributed by atoms with E-state index in [4.69, 9.17) is 0 Å². The summed E-state index contributed by atoms with van der Waals surface area (Å²) in [6.45, 7) is 4.21. The standard InChI is InChI=1S/C11H17F3N4/c1-3-15-7-9-5-6-10(17-16-9)18(4-2)8-11(12,13)14/h5-6,15H,3-4,7-8H2,1-2H3. The molecule has 1 aromatic heterocycles. The molecular weight excluding hydrogens is 245 g/mol. The van der Waals surface area contributed by atoms with E-state index >= 15 is 0 Å². The third-order valence-electron chi connectivity index (χ3n) is 2.34. The fraction of sp³-hybridized carbons (Fsp3) is 0.636. The second-order valence-electron chi connectivity index (χ2n) is 3.79. The summed E-state index contributed by atoms with van der Waals surface area (Å²) in [4.78, 5) is 1.14. The quantitative estimate of drug-likeness (QED) is 0.851. The molecule has 0 spiro atoms. The van der Waals surface area contributed by atoms with Crippen LogP contribution in [0.4, 0.5) is 19.0 Å². The molecule has 0 saturated carbocycles. The van der Waals surface area contributed by atoms with E-state index in [1.807, 2.05) is 6.92 Å². The van der Waals surface area contributed by atoms with Crippen molar-refractivity contribution in [1.82, 2.24) is 15.5 Å². The van der Waals surface area contributed by atoms with Crippen molar-refractivity contribution < 1.29 is 13.2 Å². The molecule has 1 aromatic rings. The molecule has 0 saturated heterocycles. The first-order valence-electron chi connectivity index (χ1n) is 5.81. The van der Waals surface area contributed by atoms with Gasteiger partial charge in [0.2, 0.25) is 0 Å². The molecule has 0 aliphatic carbocycles. The second-order valence-corrected chi connectivity index (χ2v) is 3.79. The summed E-state index contributed by atoms with van der Waals surface area (Å²) in [6.07, 6.45) is -4.24. The predicted octanol–water partition coefficient (Wildman–Crippen LogP) is 1.97. The highest BCUT2D eigenvalue weighted by Crippen LogP contribution is 2.19. The van der Waals surface area contributed by atoms with Crippen LogP contribution in [-0.2, 0) is 6.54 Å². The Morgan fingerprint density at radius 3 is 2.39 bits per heavy atom. The molecule has 0 amide bonds. The van der Waals surface area contributed by atoms with Gasteiger partial charge in [-0.2, -0.15) is 18.3 Å². The van der Waals surface area contributed by atoms with Gasteiger partial charge in [-0.25, -0.2) is 0 Å². The van der Waals surface area contributed by atoms with Gasteiger partial charge in [-0.15, -0.1) is 5.10 Å². The van der Waals surface area contributed by atoms with Crippen LogP contribution < -0.4 is 10.2 Å². The summed E-state index contributed by atoms with van der Waals surface area (Å²) in [5.41, 5.74) is 0.712. The molecule has 0 bridgehead atoms. The van der Waals surface area contributed by atoms with Crippen molar-refractivity contribution in [3.8, 4) is 0 Å². The highest BCUT2D eigenvalue weighted by molar-refractivity contribution is 5.37. The van der Waals surface area contributed by atoms with Crippen LogP contribution in [0.1, 0.15) is 19.5 Å². The average Bonchev–Trinajstić information content (AvgIpc) is 2.33. The zero-order valence-corrected chi connectivity index (χ0v) is 10.5. The van der Waals surface area contributed by atoms with E-state index in [2.05, 4.69) is 15.5 Å². The average molecular weight is 262 g/mol. The van der Waals surface area contributed by atoms with Crippen LogP contribution in [0.25, 0.3) is 0 Å². The van der Waals surface area contributed by atoms with Crippen LogP contribution in [0.5, 0.6) is 0 Å². The molecule has 0 aliphatic rings. The van der Waals surface area contributed by atoms with E-state index in [0.717, 1.165) is 11.4 Å². The molecule has 18 heavy (non-hydrogen) atoms. The van der Waals surface area contributed by atoms with Crippen LogP contribution in [-0.4, -0.2) is 36.0 Å². The molecule has 0 aromatic carbocycles. The number of hydrogen-bond acceptors (Lipinski definition) is 4. The predicted molar refractivity (Wildman–Crippen MR) is 63.4 cm³/mol. The molecule has 0 aliphatic heterocycles. The SMILES string of the molecule is CCNCc1ccc(N(CC)CC(F)(F)F)nn1. The van der Waals surface area contributed by atoms with Crippen LogP contribution in [0.15, 0.2) is 12.1 Å². The van der Waals surface area contributed by atoms with Gasteiger partial charge in [0.15, 0.2) is 5.82 Å². The lowest BCUT2D eigenvalue weighted by molar-refractivity contribution is -0.119. The summed E-state index contributed by atoms with van der Waals surface area (Å²) in [5.74, 6) is 0.245. The van der Waals surface area contributed by atoms with Crippen molar-refractivity contribution in [2.24, 2.45) is 0 Å². The normalized spacial score (nSPS) is 11.6. The summed E-state index contributed by atoms with van der Waals surface area (Å²) in [7, 11) is 0. The van der Waals surface area contributed by atoms with E-state index in [0.29, 0.717) is 12.2 Å². The number of alkyl halides is 3. The number of nitrogens with zero attached hydrogens (tertiary/aromatic N) is 3. The van der Waals surface area contributed by atoms with Crippen molar-refractivity contribution in [3.05, 3.63) is 17.8 Å². The van der Waals surface area contributed by atoms with Crippen LogP contribution >= 0.6 is 0 Å². The topological polar surface area (TPSA) is 41.0 Å². The first kappa shape index (κ1) is 14.7. The van der Waals surface area contributed by atoms with Gasteiger partial charge in [-0.3, -0.25) is 0 Å². The minimum absolute atomic E-state index is 0.237. The first-order chi connectivity index (χ1) is 8.46. The van der Waals surface area contributed by atoms with Crippen molar-refractivity contribution in [3.63, 3.8) is 0 Å². The Morgan fingerprint density at radius 1 is 1.22 bits per heavy atom. The van der Waals surface area contributed by atoms with E-state index in [1.165, 1.54) is 0 Å². The van der Waals surface area contributed by atoms with E-state index < -0.39 is 12.7 Å². The molecule has 7 heteroatoms. The Balaban J connectivity index is 2.69. The molecule has 1 rings (SSSR count). The largest absolute Gasteiger partial charge is 0.405 e. The molecule has 4 nitrogen and oxygen atoms in total. The molecular formula is C11H17F3N4. The second kappa shape index (κ2) is 6.53. The highest BCUT2D eigenvalue weighted by Gasteiger charge is 2.30. The lowest BCUT2D eigenvalue weighted by atomic mass is 10.3. The Kier molecular flexibility index (Phi) is 5.33. The Hall–Kier alpha value is -1.37. The number of rotatable bonds is 6. The van der Waals surface area contributed by atoms with Crippen LogP contribution in [0, 0.1) is 0 Å². The van der Waals surface area contributed by atoms with Gasteiger partial charge in [-0.1, -0.05) is 6.92 Å². The van der Waals surface area contributed by atoms with Crippen molar-refractivity contribution >= 4 is 5.82 Å². The van der Waals surface area contributed by atoms with Gasteiger partial charge < -0.3 is 10.2 Å².